The van der Waals surface area contributed by atoms with Gasteiger partial charge in [0, 0.05) is 13.0 Å². The van der Waals surface area contributed by atoms with Crippen molar-refractivity contribution in [3.05, 3.63) is 41.6 Å². The molecule has 3 aromatic rings. The number of benzene rings is 1. The Morgan fingerprint density at radius 3 is 2.95 bits per heavy atom. The van der Waals surface area contributed by atoms with Gasteiger partial charge in [0.2, 0.25) is 5.91 Å². The van der Waals surface area contributed by atoms with Crippen molar-refractivity contribution in [3.8, 4) is 0 Å². The molecule has 2 heterocycles. The molecule has 2 aromatic heterocycles. The number of aryl methyl sites for hydroxylation is 2. The monoisotopic (exact) mass is 271 g/mol. The van der Waals surface area contributed by atoms with Gasteiger partial charge in [0.25, 0.3) is 0 Å². The lowest BCUT2D eigenvalue weighted by atomic mass is 10.2. The van der Waals surface area contributed by atoms with Crippen molar-refractivity contribution >= 4 is 22.7 Å². The second-order valence-electron chi connectivity index (χ2n) is 4.54. The molecule has 1 N–H and O–H groups in total. The van der Waals surface area contributed by atoms with E-state index in [0.717, 1.165) is 5.52 Å². The average molecular weight is 271 g/mol. The number of rotatable bonds is 3. The molecular formula is C14H13N3O3. The fourth-order valence-electron chi connectivity index (χ4n) is 2.02. The Balaban J connectivity index is 1.80. The molecule has 0 atom stereocenters. The van der Waals surface area contributed by atoms with Gasteiger partial charge in [-0.3, -0.25) is 4.79 Å². The molecule has 0 bridgehead atoms. The Morgan fingerprint density at radius 2 is 2.20 bits per heavy atom. The van der Waals surface area contributed by atoms with E-state index in [9.17, 15) is 4.79 Å². The molecule has 3 rings (SSSR count). The van der Waals surface area contributed by atoms with Crippen LogP contribution in [0.3, 0.4) is 0 Å². The van der Waals surface area contributed by atoms with E-state index in [1.165, 1.54) is 0 Å². The van der Waals surface area contributed by atoms with Crippen molar-refractivity contribution in [2.24, 2.45) is 0 Å². The van der Waals surface area contributed by atoms with Crippen LogP contribution in [0.5, 0.6) is 0 Å². The van der Waals surface area contributed by atoms with Crippen molar-refractivity contribution in [1.82, 2.24) is 10.1 Å². The largest absolute Gasteiger partial charge is 0.439 e. The van der Waals surface area contributed by atoms with Gasteiger partial charge in [-0.2, -0.15) is 0 Å². The number of hydrogen-bond donors (Lipinski definition) is 1. The lowest BCUT2D eigenvalue weighted by Crippen LogP contribution is -2.14. The first-order valence-electron chi connectivity index (χ1n) is 6.20. The molecule has 20 heavy (non-hydrogen) atoms. The highest BCUT2D eigenvalue weighted by atomic mass is 16.5. The summed E-state index contributed by atoms with van der Waals surface area (Å²) in [6.45, 7) is 3.55. The minimum atomic E-state index is -0.181. The zero-order valence-corrected chi connectivity index (χ0v) is 11.1. The van der Waals surface area contributed by atoms with Crippen LogP contribution in [0.25, 0.3) is 11.1 Å². The Kier molecular flexibility index (Phi) is 2.98. The number of para-hydroxylation sites is 1. The topological polar surface area (TPSA) is 81.2 Å². The summed E-state index contributed by atoms with van der Waals surface area (Å²) in [7, 11) is 0. The van der Waals surface area contributed by atoms with Gasteiger partial charge in [0.1, 0.15) is 11.3 Å². The van der Waals surface area contributed by atoms with E-state index in [0.29, 0.717) is 28.6 Å². The van der Waals surface area contributed by atoms with Gasteiger partial charge in [0.15, 0.2) is 11.5 Å². The maximum absolute atomic E-state index is 12.0. The van der Waals surface area contributed by atoms with Gasteiger partial charge < -0.3 is 14.3 Å². The summed E-state index contributed by atoms with van der Waals surface area (Å²) in [4.78, 5) is 16.2. The number of anilines is 1. The molecule has 0 radical (unpaired) electrons. The first kappa shape index (κ1) is 12.4. The number of aromatic nitrogens is 2. The highest BCUT2D eigenvalue weighted by Gasteiger charge is 2.12. The molecule has 0 aliphatic heterocycles. The first-order chi connectivity index (χ1) is 9.61. The van der Waals surface area contributed by atoms with Gasteiger partial charge in [-0.25, -0.2) is 4.98 Å². The summed E-state index contributed by atoms with van der Waals surface area (Å²) in [5.74, 6) is 1.06. The van der Waals surface area contributed by atoms with Crippen LogP contribution in [-0.2, 0) is 11.2 Å². The zero-order chi connectivity index (χ0) is 14.1. The van der Waals surface area contributed by atoms with E-state index in [4.69, 9.17) is 8.94 Å². The molecule has 102 valence electrons. The van der Waals surface area contributed by atoms with Crippen molar-refractivity contribution in [3.63, 3.8) is 0 Å². The number of carbonyl (C=O) groups excluding carboxylic acids is 1. The fourth-order valence-corrected chi connectivity index (χ4v) is 2.02. The molecular weight excluding hydrogens is 258 g/mol. The third-order valence-electron chi connectivity index (χ3n) is 2.81. The van der Waals surface area contributed by atoms with Gasteiger partial charge in [0.05, 0.1) is 17.8 Å². The van der Waals surface area contributed by atoms with Crippen molar-refractivity contribution in [2.45, 2.75) is 20.3 Å². The molecule has 1 amide bonds. The number of hydrogen-bond acceptors (Lipinski definition) is 5. The smallest absolute Gasteiger partial charge is 0.230 e. The molecule has 0 saturated carbocycles. The van der Waals surface area contributed by atoms with Gasteiger partial charge in [-0.1, -0.05) is 11.2 Å². The Bertz CT molecular complexity index is 773. The fraction of sp³-hybridized carbons (Fsp3) is 0.214. The number of carbonyl (C=O) groups is 1. The highest BCUT2D eigenvalue weighted by Crippen LogP contribution is 2.24. The van der Waals surface area contributed by atoms with Gasteiger partial charge in [-0.15, -0.1) is 0 Å². The third kappa shape index (κ3) is 2.40. The van der Waals surface area contributed by atoms with E-state index in [1.807, 2.05) is 12.1 Å². The van der Waals surface area contributed by atoms with E-state index < -0.39 is 0 Å². The Hall–Kier alpha value is -2.63. The lowest BCUT2D eigenvalue weighted by Gasteiger charge is -2.03. The third-order valence-corrected chi connectivity index (χ3v) is 2.81. The molecule has 6 nitrogen and oxygen atoms in total. The molecule has 0 fully saturated rings. The van der Waals surface area contributed by atoms with Crippen LogP contribution in [0, 0.1) is 13.8 Å². The summed E-state index contributed by atoms with van der Waals surface area (Å²) >= 11 is 0. The van der Waals surface area contributed by atoms with Crippen molar-refractivity contribution in [1.29, 1.82) is 0 Å². The SMILES string of the molecule is Cc1cc(CC(=O)Nc2cccc3nc(C)oc23)no1. The van der Waals surface area contributed by atoms with Crippen molar-refractivity contribution < 1.29 is 13.7 Å². The Labute approximate surface area is 114 Å². The number of amides is 1. The quantitative estimate of drug-likeness (QED) is 0.791. The van der Waals surface area contributed by atoms with Gasteiger partial charge >= 0.3 is 0 Å². The molecule has 0 unspecified atom stereocenters. The van der Waals surface area contributed by atoms with Crippen LogP contribution in [0.2, 0.25) is 0 Å². The second-order valence-corrected chi connectivity index (χ2v) is 4.54. The maximum Gasteiger partial charge on any atom is 0.230 e. The first-order valence-corrected chi connectivity index (χ1v) is 6.20. The van der Waals surface area contributed by atoms with Crippen LogP contribution in [-0.4, -0.2) is 16.0 Å². The maximum atomic E-state index is 12.0. The predicted octanol–water partition coefficient (Wildman–Crippen LogP) is 2.61. The summed E-state index contributed by atoms with van der Waals surface area (Å²) in [5, 5.41) is 6.59. The highest BCUT2D eigenvalue weighted by molar-refractivity contribution is 5.99. The minimum Gasteiger partial charge on any atom is -0.439 e. The van der Waals surface area contributed by atoms with Crippen LogP contribution in [0.15, 0.2) is 33.2 Å². The molecule has 0 spiro atoms. The van der Waals surface area contributed by atoms with Crippen LogP contribution < -0.4 is 5.32 Å². The summed E-state index contributed by atoms with van der Waals surface area (Å²) in [6, 6.07) is 7.17. The molecule has 0 saturated heterocycles. The Morgan fingerprint density at radius 1 is 1.35 bits per heavy atom. The number of oxazole rings is 1. The summed E-state index contributed by atoms with van der Waals surface area (Å²) in [5.41, 5.74) is 2.50. The normalized spacial score (nSPS) is 10.9. The van der Waals surface area contributed by atoms with Crippen molar-refractivity contribution in [2.75, 3.05) is 5.32 Å². The second kappa shape index (κ2) is 4.80. The molecule has 1 aromatic carbocycles. The predicted molar refractivity (Wildman–Crippen MR) is 72.3 cm³/mol. The van der Waals surface area contributed by atoms with E-state index in [-0.39, 0.29) is 12.3 Å². The van der Waals surface area contributed by atoms with E-state index in [2.05, 4.69) is 15.5 Å². The zero-order valence-electron chi connectivity index (χ0n) is 11.1. The van der Waals surface area contributed by atoms with E-state index >= 15 is 0 Å². The van der Waals surface area contributed by atoms with E-state index in [1.54, 1.807) is 26.0 Å². The molecule has 0 aliphatic carbocycles. The number of fused-ring (bicyclic) bond motifs is 1. The van der Waals surface area contributed by atoms with Crippen LogP contribution >= 0.6 is 0 Å². The molecule has 0 aliphatic rings. The summed E-state index contributed by atoms with van der Waals surface area (Å²) < 4.78 is 10.4. The standard InChI is InChI=1S/C14H13N3O3/c1-8-6-10(17-20-8)7-13(18)16-12-5-3-4-11-14(12)19-9(2)15-11/h3-6H,7H2,1-2H3,(H,16,18). The van der Waals surface area contributed by atoms with Gasteiger partial charge in [-0.05, 0) is 19.1 Å². The molecule has 6 heteroatoms. The number of nitrogens with zero attached hydrogens (tertiary/aromatic N) is 2. The lowest BCUT2D eigenvalue weighted by molar-refractivity contribution is -0.115. The van der Waals surface area contributed by atoms with Crippen LogP contribution in [0.4, 0.5) is 5.69 Å². The summed E-state index contributed by atoms with van der Waals surface area (Å²) in [6.07, 6.45) is 0.154. The minimum absolute atomic E-state index is 0.154. The average Bonchev–Trinajstić information content (AvgIpc) is 2.95. The van der Waals surface area contributed by atoms with Crippen LogP contribution in [0.1, 0.15) is 17.3 Å². The number of nitrogens with one attached hydrogen (secondary N) is 1.